The molecule has 2 unspecified atom stereocenters. The van der Waals surface area contributed by atoms with Crippen LogP contribution in [0.3, 0.4) is 0 Å². The van der Waals surface area contributed by atoms with Gasteiger partial charge in [0.1, 0.15) is 5.25 Å². The van der Waals surface area contributed by atoms with Crippen molar-refractivity contribution < 1.29 is 9.00 Å². The molecule has 1 aromatic carbocycles. The lowest BCUT2D eigenvalue weighted by molar-refractivity contribution is -0.121. The molecule has 0 spiro atoms. The van der Waals surface area contributed by atoms with Crippen molar-refractivity contribution in [2.45, 2.75) is 55.2 Å². The average molecular weight is 294 g/mol. The van der Waals surface area contributed by atoms with Gasteiger partial charge in [0.25, 0.3) is 0 Å². The van der Waals surface area contributed by atoms with Gasteiger partial charge < -0.3 is 11.1 Å². The molecule has 2 atom stereocenters. The summed E-state index contributed by atoms with van der Waals surface area (Å²) in [6, 6.07) is 7.16. The molecule has 2 rings (SSSR count). The Morgan fingerprint density at radius 2 is 2.05 bits per heavy atom. The normalized spacial score (nSPS) is 19.2. The van der Waals surface area contributed by atoms with Gasteiger partial charge in [-0.3, -0.25) is 9.00 Å². The van der Waals surface area contributed by atoms with Crippen LogP contribution in [0.4, 0.5) is 5.69 Å². The minimum Gasteiger partial charge on any atom is -0.399 e. The molecule has 0 aromatic heterocycles. The molecule has 20 heavy (non-hydrogen) atoms. The third kappa shape index (κ3) is 3.82. The molecule has 1 aliphatic rings. The first-order chi connectivity index (χ1) is 9.58. The molecular weight excluding hydrogens is 272 g/mol. The molecule has 0 bridgehead atoms. The summed E-state index contributed by atoms with van der Waals surface area (Å²) in [6.07, 6.45) is 5.64. The van der Waals surface area contributed by atoms with Crippen LogP contribution in [0.15, 0.2) is 29.2 Å². The van der Waals surface area contributed by atoms with Gasteiger partial charge >= 0.3 is 0 Å². The number of nitrogens with two attached hydrogens (primary N) is 1. The standard InChI is InChI=1S/C15H22N2O2S/c1-11(15(18)17-13-7-3-2-4-8-13)20(19)14-9-5-6-12(16)10-14/h5-6,9-11,13H,2-4,7-8,16H2,1H3,(H,17,18). The molecule has 0 heterocycles. The Morgan fingerprint density at radius 3 is 2.70 bits per heavy atom. The molecule has 1 fully saturated rings. The fourth-order valence-electron chi connectivity index (χ4n) is 2.51. The van der Waals surface area contributed by atoms with Gasteiger partial charge in [0, 0.05) is 16.6 Å². The summed E-state index contributed by atoms with van der Waals surface area (Å²) >= 11 is 0. The summed E-state index contributed by atoms with van der Waals surface area (Å²) < 4.78 is 12.4. The molecule has 1 saturated carbocycles. The Kier molecular flexibility index (Phi) is 5.17. The zero-order valence-electron chi connectivity index (χ0n) is 11.8. The highest BCUT2D eigenvalue weighted by atomic mass is 32.2. The maximum absolute atomic E-state index is 12.4. The van der Waals surface area contributed by atoms with Crippen LogP contribution in [-0.4, -0.2) is 21.4 Å². The molecule has 4 nitrogen and oxygen atoms in total. The highest BCUT2D eigenvalue weighted by Gasteiger charge is 2.24. The molecule has 0 radical (unpaired) electrons. The summed E-state index contributed by atoms with van der Waals surface area (Å²) in [5, 5.41) is 2.46. The minimum atomic E-state index is -1.36. The highest BCUT2D eigenvalue weighted by molar-refractivity contribution is 7.86. The second-order valence-electron chi connectivity index (χ2n) is 5.36. The molecule has 0 saturated heterocycles. The van der Waals surface area contributed by atoms with Crippen molar-refractivity contribution >= 4 is 22.4 Å². The lowest BCUT2D eigenvalue weighted by Gasteiger charge is -2.24. The first-order valence-corrected chi connectivity index (χ1v) is 8.35. The second kappa shape index (κ2) is 6.88. The fraction of sp³-hybridized carbons (Fsp3) is 0.533. The summed E-state index contributed by atoms with van der Waals surface area (Å²) in [4.78, 5) is 12.8. The second-order valence-corrected chi connectivity index (χ2v) is 7.13. The van der Waals surface area contributed by atoms with E-state index < -0.39 is 16.0 Å². The van der Waals surface area contributed by atoms with Crippen molar-refractivity contribution in [1.29, 1.82) is 0 Å². The van der Waals surface area contributed by atoms with Crippen molar-refractivity contribution in [2.75, 3.05) is 5.73 Å². The van der Waals surface area contributed by atoms with Gasteiger partial charge in [0.15, 0.2) is 0 Å². The summed E-state index contributed by atoms with van der Waals surface area (Å²) in [5.74, 6) is -0.127. The Morgan fingerprint density at radius 1 is 1.35 bits per heavy atom. The van der Waals surface area contributed by atoms with Crippen molar-refractivity contribution in [3.05, 3.63) is 24.3 Å². The fourth-order valence-corrected chi connectivity index (χ4v) is 3.64. The monoisotopic (exact) mass is 294 g/mol. The van der Waals surface area contributed by atoms with Gasteiger partial charge in [0.2, 0.25) is 5.91 Å². The lowest BCUT2D eigenvalue weighted by atomic mass is 9.95. The average Bonchev–Trinajstić information content (AvgIpc) is 2.46. The highest BCUT2D eigenvalue weighted by Crippen LogP contribution is 2.19. The third-order valence-corrected chi connectivity index (χ3v) is 5.31. The number of anilines is 1. The van der Waals surface area contributed by atoms with Crippen LogP contribution >= 0.6 is 0 Å². The Labute approximate surface area is 122 Å². The van der Waals surface area contributed by atoms with E-state index in [0.717, 1.165) is 25.7 Å². The van der Waals surface area contributed by atoms with E-state index in [-0.39, 0.29) is 11.9 Å². The molecule has 1 aromatic rings. The third-order valence-electron chi connectivity index (χ3n) is 3.73. The number of hydrogen-bond donors (Lipinski definition) is 2. The maximum Gasteiger partial charge on any atom is 0.236 e. The van der Waals surface area contributed by atoms with Gasteiger partial charge in [0.05, 0.1) is 10.8 Å². The number of carbonyl (C=O) groups is 1. The summed E-state index contributed by atoms with van der Waals surface area (Å²) in [7, 11) is -1.36. The van der Waals surface area contributed by atoms with E-state index in [4.69, 9.17) is 5.73 Å². The number of hydrogen-bond acceptors (Lipinski definition) is 3. The van der Waals surface area contributed by atoms with E-state index in [1.54, 1.807) is 31.2 Å². The predicted molar refractivity (Wildman–Crippen MR) is 81.7 cm³/mol. The molecule has 3 N–H and O–H groups in total. The Hall–Kier alpha value is -1.36. The molecule has 1 aliphatic carbocycles. The van der Waals surface area contributed by atoms with Crippen molar-refractivity contribution in [2.24, 2.45) is 0 Å². The number of rotatable bonds is 4. The molecular formula is C15H22N2O2S. The van der Waals surface area contributed by atoms with E-state index in [0.29, 0.717) is 10.6 Å². The van der Waals surface area contributed by atoms with Gasteiger partial charge in [-0.1, -0.05) is 25.3 Å². The van der Waals surface area contributed by atoms with Crippen molar-refractivity contribution in [3.8, 4) is 0 Å². The van der Waals surface area contributed by atoms with Crippen molar-refractivity contribution in [3.63, 3.8) is 0 Å². The van der Waals surface area contributed by atoms with Gasteiger partial charge in [-0.05, 0) is 38.0 Å². The molecule has 5 heteroatoms. The summed E-state index contributed by atoms with van der Waals surface area (Å²) in [5.41, 5.74) is 6.25. The largest absolute Gasteiger partial charge is 0.399 e. The molecule has 1 amide bonds. The van der Waals surface area contributed by atoms with E-state index in [1.165, 1.54) is 6.42 Å². The SMILES string of the molecule is CC(C(=O)NC1CCCCC1)S(=O)c1cccc(N)c1. The number of amides is 1. The summed E-state index contributed by atoms with van der Waals surface area (Å²) in [6.45, 7) is 1.71. The van der Waals surface area contributed by atoms with Crippen LogP contribution in [0.1, 0.15) is 39.0 Å². The number of benzene rings is 1. The minimum absolute atomic E-state index is 0.127. The van der Waals surface area contributed by atoms with Crippen LogP contribution in [0.2, 0.25) is 0 Å². The quantitative estimate of drug-likeness (QED) is 0.836. The van der Waals surface area contributed by atoms with E-state index >= 15 is 0 Å². The van der Waals surface area contributed by atoms with Gasteiger partial charge in [-0.2, -0.15) is 0 Å². The Bertz CT molecular complexity index is 498. The zero-order chi connectivity index (χ0) is 14.5. The first kappa shape index (κ1) is 15.0. The molecule has 0 aliphatic heterocycles. The van der Waals surface area contributed by atoms with E-state index in [1.807, 2.05) is 0 Å². The number of carbonyl (C=O) groups excluding carboxylic acids is 1. The van der Waals surface area contributed by atoms with Crippen LogP contribution in [0, 0.1) is 0 Å². The topological polar surface area (TPSA) is 72.2 Å². The van der Waals surface area contributed by atoms with E-state index in [2.05, 4.69) is 5.32 Å². The van der Waals surface area contributed by atoms with Crippen LogP contribution < -0.4 is 11.1 Å². The van der Waals surface area contributed by atoms with Crippen LogP contribution in [0.25, 0.3) is 0 Å². The molecule has 110 valence electrons. The van der Waals surface area contributed by atoms with Crippen molar-refractivity contribution in [1.82, 2.24) is 5.32 Å². The Balaban J connectivity index is 1.97. The van der Waals surface area contributed by atoms with E-state index in [9.17, 15) is 9.00 Å². The number of nitrogen functional groups attached to an aromatic ring is 1. The van der Waals surface area contributed by atoms with Gasteiger partial charge in [-0.25, -0.2) is 0 Å². The first-order valence-electron chi connectivity index (χ1n) is 7.14. The smallest absolute Gasteiger partial charge is 0.236 e. The zero-order valence-corrected chi connectivity index (χ0v) is 12.6. The number of nitrogens with one attached hydrogen (secondary N) is 1. The van der Waals surface area contributed by atoms with Gasteiger partial charge in [-0.15, -0.1) is 0 Å². The van der Waals surface area contributed by atoms with Crippen LogP contribution in [-0.2, 0) is 15.6 Å². The maximum atomic E-state index is 12.4. The predicted octanol–water partition coefficient (Wildman–Crippen LogP) is 2.21. The van der Waals surface area contributed by atoms with Crippen LogP contribution in [0.5, 0.6) is 0 Å². The lowest BCUT2D eigenvalue weighted by Crippen LogP contribution is -2.42.